The molecule has 2 aliphatic heterocycles. The number of carbonyl (C=O) groups is 1. The number of anilines is 1. The molecule has 1 unspecified atom stereocenters. The first-order valence-electron chi connectivity index (χ1n) is 13.8. The molecule has 4 aliphatic rings. The third kappa shape index (κ3) is 5.24. The van der Waals surface area contributed by atoms with Crippen LogP contribution in [0.25, 0.3) is 16.5 Å². The molecule has 1 aromatic heterocycles. The lowest BCUT2D eigenvalue weighted by Gasteiger charge is -2.14. The Morgan fingerprint density at radius 2 is 1.93 bits per heavy atom. The highest BCUT2D eigenvalue weighted by atomic mass is 16.7. The van der Waals surface area contributed by atoms with E-state index >= 15 is 0 Å². The lowest BCUT2D eigenvalue weighted by Crippen LogP contribution is -2.23. The normalized spacial score (nSPS) is 19.0. The monoisotopic (exact) mass is 543 g/mol. The number of pyridine rings is 1. The van der Waals surface area contributed by atoms with Crippen molar-refractivity contribution in [2.24, 2.45) is 5.10 Å². The molecule has 41 heavy (non-hydrogen) atoms. The summed E-state index contributed by atoms with van der Waals surface area (Å²) in [4.78, 5) is 18.7. The first kappa shape index (κ1) is 24.9. The average Bonchev–Trinajstić information content (AvgIpc) is 3.54. The number of hydrogen-bond acceptors (Lipinski definition) is 7. The molecule has 8 nitrogen and oxygen atoms in total. The van der Waals surface area contributed by atoms with Gasteiger partial charge in [0.1, 0.15) is 5.82 Å². The van der Waals surface area contributed by atoms with Crippen molar-refractivity contribution < 1.29 is 14.3 Å². The van der Waals surface area contributed by atoms with Crippen molar-refractivity contribution >= 4 is 34.4 Å². The molecule has 3 heterocycles. The van der Waals surface area contributed by atoms with E-state index in [1.807, 2.05) is 66.9 Å². The van der Waals surface area contributed by atoms with Crippen molar-refractivity contribution in [2.75, 3.05) is 12.1 Å². The van der Waals surface area contributed by atoms with Gasteiger partial charge >= 0.3 is 0 Å². The van der Waals surface area contributed by atoms with E-state index in [1.54, 1.807) is 0 Å². The van der Waals surface area contributed by atoms with E-state index in [2.05, 4.69) is 45.4 Å². The quantitative estimate of drug-likeness (QED) is 0.369. The van der Waals surface area contributed by atoms with Crippen molar-refractivity contribution in [1.29, 1.82) is 0 Å². The predicted molar refractivity (Wildman–Crippen MR) is 160 cm³/mol. The van der Waals surface area contributed by atoms with E-state index in [-0.39, 0.29) is 18.7 Å². The summed E-state index contributed by atoms with van der Waals surface area (Å²) >= 11 is 0. The number of hydrazone groups is 1. The van der Waals surface area contributed by atoms with Crippen molar-refractivity contribution in [1.82, 2.24) is 15.7 Å². The number of rotatable bonds is 6. The number of allylic oxidation sites excluding steroid dienone is 6. The second-order valence-corrected chi connectivity index (χ2v) is 10.3. The molecule has 0 radical (unpaired) electrons. The molecule has 204 valence electrons. The van der Waals surface area contributed by atoms with Gasteiger partial charge in [-0.15, -0.1) is 0 Å². The van der Waals surface area contributed by atoms with Gasteiger partial charge < -0.3 is 25.5 Å². The Hall–Kier alpha value is -5.11. The lowest BCUT2D eigenvalue weighted by atomic mass is 9.98. The van der Waals surface area contributed by atoms with E-state index in [1.165, 1.54) is 0 Å². The molecule has 3 aromatic rings. The summed E-state index contributed by atoms with van der Waals surface area (Å²) in [7, 11) is 0. The van der Waals surface area contributed by atoms with E-state index < -0.39 is 0 Å². The molecule has 1 saturated heterocycles. The van der Waals surface area contributed by atoms with Crippen LogP contribution in [0.1, 0.15) is 40.7 Å². The van der Waals surface area contributed by atoms with E-state index in [0.717, 1.165) is 63.2 Å². The zero-order chi connectivity index (χ0) is 27.6. The molecule has 8 heteroatoms. The van der Waals surface area contributed by atoms with E-state index in [0.29, 0.717) is 24.3 Å². The van der Waals surface area contributed by atoms with Gasteiger partial charge in [0.15, 0.2) is 11.5 Å². The van der Waals surface area contributed by atoms with Crippen LogP contribution in [0.2, 0.25) is 0 Å². The zero-order valence-corrected chi connectivity index (χ0v) is 22.4. The minimum absolute atomic E-state index is 0.183. The Bertz CT molecular complexity index is 1720. The maximum Gasteiger partial charge on any atom is 0.256 e. The standard InChI is InChI=1S/C33H29N5O3/c39-33(36-25-7-4-8-28-24(15-25)19-35-38-28)27-17-32(34-18-21-5-2-1-3-6-21)37-29-12-9-23(16-26(27)29)22-10-13-30-31(14-11-22)41-20-40-30/h1-3,5-7,9-10,12-17,19,28,38H,4,8,11,18,20H2,(H,34,37)(H,36,39). The van der Waals surface area contributed by atoms with Crippen molar-refractivity contribution in [2.45, 2.75) is 31.8 Å². The predicted octanol–water partition coefficient (Wildman–Crippen LogP) is 5.70. The van der Waals surface area contributed by atoms with Gasteiger partial charge in [-0.25, -0.2) is 4.98 Å². The van der Waals surface area contributed by atoms with Gasteiger partial charge in [-0.3, -0.25) is 4.79 Å². The highest BCUT2D eigenvalue weighted by Crippen LogP contribution is 2.32. The molecule has 1 fully saturated rings. The molecular formula is C33H29N5O3. The van der Waals surface area contributed by atoms with E-state index in [4.69, 9.17) is 14.5 Å². The molecule has 1 atom stereocenters. The van der Waals surface area contributed by atoms with Gasteiger partial charge in [-0.1, -0.05) is 48.6 Å². The van der Waals surface area contributed by atoms with Gasteiger partial charge in [0.25, 0.3) is 5.91 Å². The molecule has 2 aromatic carbocycles. The van der Waals surface area contributed by atoms with Gasteiger partial charge in [0, 0.05) is 17.6 Å². The average molecular weight is 544 g/mol. The lowest BCUT2D eigenvalue weighted by molar-refractivity contribution is 0.0966. The molecular weight excluding hydrogens is 514 g/mol. The summed E-state index contributed by atoms with van der Waals surface area (Å²) in [6.45, 7) is 0.850. The molecule has 3 N–H and O–H groups in total. The Kier molecular flexibility index (Phi) is 6.56. The number of nitrogens with one attached hydrogen (secondary N) is 3. The van der Waals surface area contributed by atoms with Crippen LogP contribution in [0.3, 0.4) is 0 Å². The second kappa shape index (κ2) is 10.8. The number of fused-ring (bicyclic) bond motifs is 3. The van der Waals surface area contributed by atoms with Crippen LogP contribution in [0.4, 0.5) is 5.82 Å². The van der Waals surface area contributed by atoms with Crippen LogP contribution in [-0.2, 0) is 16.0 Å². The fourth-order valence-corrected chi connectivity index (χ4v) is 5.41. The minimum Gasteiger partial charge on any atom is -0.454 e. The van der Waals surface area contributed by atoms with Crippen LogP contribution in [-0.4, -0.2) is 29.9 Å². The summed E-state index contributed by atoms with van der Waals surface area (Å²) in [6, 6.07) is 18.2. The van der Waals surface area contributed by atoms with Crippen LogP contribution < -0.4 is 16.1 Å². The SMILES string of the molecule is O=C(NC1=CCCC2NN=CC2=C1)c1cc(NCc2ccccc2)nc2ccc(C3=CC=C4OCOC4=CC3)cc12. The van der Waals surface area contributed by atoms with Crippen LogP contribution in [0.5, 0.6) is 0 Å². The number of benzene rings is 2. The fourth-order valence-electron chi connectivity index (χ4n) is 5.41. The van der Waals surface area contributed by atoms with Gasteiger partial charge in [-0.2, -0.15) is 5.10 Å². The summed E-state index contributed by atoms with van der Waals surface area (Å²) in [5, 5.41) is 11.5. The number of nitrogens with zero attached hydrogens (tertiary/aromatic N) is 2. The van der Waals surface area contributed by atoms with Crippen LogP contribution in [0.15, 0.2) is 113 Å². The molecule has 1 amide bonds. The summed E-state index contributed by atoms with van der Waals surface area (Å²) in [6.07, 6.45) is 14.4. The Labute approximate surface area is 237 Å². The number of aromatic nitrogens is 1. The fraction of sp³-hybridized carbons (Fsp3) is 0.182. The maximum atomic E-state index is 13.9. The molecule has 0 bridgehead atoms. The minimum atomic E-state index is -0.183. The molecule has 0 spiro atoms. The first-order valence-corrected chi connectivity index (χ1v) is 13.8. The van der Waals surface area contributed by atoms with Crippen LogP contribution >= 0.6 is 0 Å². The molecule has 0 saturated carbocycles. The summed E-state index contributed by atoms with van der Waals surface area (Å²) in [5.41, 5.74) is 9.52. The molecule has 2 aliphatic carbocycles. The third-order valence-electron chi connectivity index (χ3n) is 7.60. The Morgan fingerprint density at radius 1 is 1.02 bits per heavy atom. The van der Waals surface area contributed by atoms with Gasteiger partial charge in [-0.05, 0) is 78.0 Å². The number of ether oxygens (including phenoxy) is 2. The smallest absolute Gasteiger partial charge is 0.256 e. The number of amides is 1. The molecule has 7 rings (SSSR count). The highest BCUT2D eigenvalue weighted by Gasteiger charge is 2.22. The second-order valence-electron chi connectivity index (χ2n) is 10.3. The Morgan fingerprint density at radius 3 is 2.85 bits per heavy atom. The summed E-state index contributed by atoms with van der Waals surface area (Å²) in [5.74, 6) is 1.97. The van der Waals surface area contributed by atoms with Crippen LogP contribution in [0, 0.1) is 0 Å². The Balaban J connectivity index is 1.24. The van der Waals surface area contributed by atoms with Crippen molar-refractivity contribution in [3.8, 4) is 0 Å². The zero-order valence-electron chi connectivity index (χ0n) is 22.4. The number of carbonyl (C=O) groups excluding carboxylic acids is 1. The van der Waals surface area contributed by atoms with Gasteiger partial charge in [0.2, 0.25) is 6.79 Å². The highest BCUT2D eigenvalue weighted by molar-refractivity contribution is 6.08. The summed E-state index contributed by atoms with van der Waals surface area (Å²) < 4.78 is 11.1. The largest absolute Gasteiger partial charge is 0.454 e. The van der Waals surface area contributed by atoms with Crippen molar-refractivity contribution in [3.63, 3.8) is 0 Å². The van der Waals surface area contributed by atoms with Crippen molar-refractivity contribution in [3.05, 3.63) is 124 Å². The maximum absolute atomic E-state index is 13.9. The number of hydrogen-bond donors (Lipinski definition) is 3. The van der Waals surface area contributed by atoms with Gasteiger partial charge in [0.05, 0.1) is 23.3 Å². The third-order valence-corrected chi connectivity index (χ3v) is 7.60. The topological polar surface area (TPSA) is 96.9 Å². The first-order chi connectivity index (χ1) is 20.2. The van der Waals surface area contributed by atoms with E-state index in [9.17, 15) is 4.79 Å².